The maximum Gasteiger partial charge on any atom is 0.573 e. The predicted octanol–water partition coefficient (Wildman–Crippen LogP) is 2.11. The molecule has 0 fully saturated rings. The van der Waals surface area contributed by atoms with Gasteiger partial charge in [-0.25, -0.2) is 4.79 Å². The average molecular weight is 244 g/mol. The van der Waals surface area contributed by atoms with Gasteiger partial charge in [-0.3, -0.25) is 0 Å². The fourth-order valence-corrected chi connectivity index (χ4v) is 0.945. The van der Waals surface area contributed by atoms with Crippen LogP contribution in [0.25, 0.3) is 0 Å². The van der Waals surface area contributed by atoms with Crippen LogP contribution in [0.3, 0.4) is 0 Å². The predicted molar refractivity (Wildman–Crippen MR) is 52.0 cm³/mol. The highest BCUT2D eigenvalue weighted by Crippen LogP contribution is 2.22. The van der Waals surface area contributed by atoms with Gasteiger partial charge in [0.1, 0.15) is 5.75 Å². The van der Waals surface area contributed by atoms with E-state index in [1.54, 1.807) is 0 Å². The molecule has 0 saturated heterocycles. The van der Waals surface area contributed by atoms with Crippen molar-refractivity contribution in [2.45, 2.75) is 6.36 Å². The summed E-state index contributed by atoms with van der Waals surface area (Å²) < 4.78 is 43.7. The number of hydrogen-bond acceptors (Lipinski definition) is 3. The van der Waals surface area contributed by atoms with Crippen molar-refractivity contribution in [2.24, 2.45) is 0 Å². The Kier molecular flexibility index (Phi) is 3.99. The molecule has 0 atom stereocenters. The van der Waals surface area contributed by atoms with E-state index in [1.165, 1.54) is 12.1 Å². The van der Waals surface area contributed by atoms with Crippen LogP contribution in [0.15, 0.2) is 24.3 Å². The Hall–Kier alpha value is -2.16. The Balaban J connectivity index is 2.85. The maximum atomic E-state index is 11.9. The summed E-state index contributed by atoms with van der Waals surface area (Å²) in [5, 5.41) is 0. The summed E-state index contributed by atoms with van der Waals surface area (Å²) in [6.07, 6.45) is -4.76. The SMILES string of the molecule is COC(=O)C#Cc1cccc(OC(F)(F)F)c1. The monoisotopic (exact) mass is 244 g/mol. The van der Waals surface area contributed by atoms with Gasteiger partial charge in [0.2, 0.25) is 0 Å². The molecule has 1 aromatic carbocycles. The lowest BCUT2D eigenvalue weighted by Gasteiger charge is -2.08. The van der Waals surface area contributed by atoms with E-state index in [0.717, 1.165) is 19.2 Å². The quantitative estimate of drug-likeness (QED) is 0.560. The van der Waals surface area contributed by atoms with Gasteiger partial charge >= 0.3 is 12.3 Å². The second-order valence-electron chi connectivity index (χ2n) is 2.82. The van der Waals surface area contributed by atoms with Gasteiger partial charge in [-0.1, -0.05) is 12.0 Å². The largest absolute Gasteiger partial charge is 0.573 e. The van der Waals surface area contributed by atoms with E-state index in [2.05, 4.69) is 21.3 Å². The molecule has 0 aliphatic rings. The van der Waals surface area contributed by atoms with Gasteiger partial charge in [-0.2, -0.15) is 0 Å². The molecule has 3 nitrogen and oxygen atoms in total. The van der Waals surface area contributed by atoms with Crippen LogP contribution >= 0.6 is 0 Å². The summed E-state index contributed by atoms with van der Waals surface area (Å²) in [4.78, 5) is 10.7. The molecule has 0 heterocycles. The summed E-state index contributed by atoms with van der Waals surface area (Å²) in [6.45, 7) is 0. The second-order valence-corrected chi connectivity index (χ2v) is 2.82. The van der Waals surface area contributed by atoms with Crippen LogP contribution in [-0.2, 0) is 9.53 Å². The molecule has 0 amide bonds. The molecule has 1 aromatic rings. The molecule has 0 aliphatic heterocycles. The van der Waals surface area contributed by atoms with E-state index in [9.17, 15) is 18.0 Å². The van der Waals surface area contributed by atoms with Crippen LogP contribution in [0.1, 0.15) is 5.56 Å². The first-order valence-corrected chi connectivity index (χ1v) is 4.36. The van der Waals surface area contributed by atoms with Crippen LogP contribution in [0.2, 0.25) is 0 Å². The molecular weight excluding hydrogens is 237 g/mol. The van der Waals surface area contributed by atoms with Gasteiger partial charge in [0.15, 0.2) is 0 Å². The Morgan fingerprint density at radius 3 is 2.65 bits per heavy atom. The number of carbonyl (C=O) groups excluding carboxylic acids is 1. The van der Waals surface area contributed by atoms with Crippen molar-refractivity contribution in [3.63, 3.8) is 0 Å². The highest BCUT2D eigenvalue weighted by molar-refractivity contribution is 5.89. The van der Waals surface area contributed by atoms with Crippen molar-refractivity contribution >= 4 is 5.97 Å². The van der Waals surface area contributed by atoms with Crippen molar-refractivity contribution in [1.29, 1.82) is 0 Å². The number of carbonyl (C=O) groups is 1. The number of rotatable bonds is 1. The third-order valence-corrected chi connectivity index (χ3v) is 1.56. The van der Waals surface area contributed by atoms with E-state index in [1.807, 2.05) is 0 Å². The lowest BCUT2D eigenvalue weighted by Crippen LogP contribution is -2.17. The zero-order valence-corrected chi connectivity index (χ0v) is 8.67. The van der Waals surface area contributed by atoms with E-state index in [0.29, 0.717) is 0 Å². The average Bonchev–Trinajstić information content (AvgIpc) is 2.24. The third-order valence-electron chi connectivity index (χ3n) is 1.56. The molecule has 0 radical (unpaired) electrons. The molecule has 0 aromatic heterocycles. The van der Waals surface area contributed by atoms with Crippen LogP contribution in [0.5, 0.6) is 5.75 Å². The normalized spacial score (nSPS) is 10.1. The number of ether oxygens (including phenoxy) is 2. The van der Waals surface area contributed by atoms with Gasteiger partial charge < -0.3 is 9.47 Å². The Morgan fingerprint density at radius 1 is 1.35 bits per heavy atom. The number of halogens is 3. The summed E-state index contributed by atoms with van der Waals surface area (Å²) in [7, 11) is 1.15. The Labute approximate surface area is 95.1 Å². The topological polar surface area (TPSA) is 35.5 Å². The smallest absolute Gasteiger partial charge is 0.459 e. The van der Waals surface area contributed by atoms with Crippen molar-refractivity contribution in [1.82, 2.24) is 0 Å². The fraction of sp³-hybridized carbons (Fsp3) is 0.182. The number of methoxy groups -OCH3 is 1. The van der Waals surface area contributed by atoms with Crippen molar-refractivity contribution in [2.75, 3.05) is 7.11 Å². The van der Waals surface area contributed by atoms with Gasteiger partial charge in [0, 0.05) is 11.5 Å². The molecule has 0 unspecified atom stereocenters. The van der Waals surface area contributed by atoms with Gasteiger partial charge in [-0.05, 0) is 18.2 Å². The summed E-state index contributed by atoms with van der Waals surface area (Å²) >= 11 is 0. The molecule has 1 rings (SSSR count). The molecule has 0 aliphatic carbocycles. The number of benzene rings is 1. The summed E-state index contributed by atoms with van der Waals surface area (Å²) in [5.74, 6) is 3.27. The van der Waals surface area contributed by atoms with Crippen LogP contribution in [0, 0.1) is 11.8 Å². The lowest BCUT2D eigenvalue weighted by atomic mass is 10.2. The fourth-order valence-electron chi connectivity index (χ4n) is 0.945. The van der Waals surface area contributed by atoms with Crippen LogP contribution in [0.4, 0.5) is 13.2 Å². The van der Waals surface area contributed by atoms with Gasteiger partial charge in [0.25, 0.3) is 0 Å². The number of esters is 1. The number of alkyl halides is 3. The first-order chi connectivity index (χ1) is 7.90. The Bertz CT molecular complexity index is 469. The first kappa shape index (κ1) is 12.9. The summed E-state index contributed by atoms with van der Waals surface area (Å²) in [5.41, 5.74) is 0.220. The minimum Gasteiger partial charge on any atom is -0.459 e. The highest BCUT2D eigenvalue weighted by Gasteiger charge is 2.30. The molecule has 6 heteroatoms. The minimum absolute atomic E-state index is 0.220. The van der Waals surface area contributed by atoms with Crippen molar-refractivity contribution in [3.8, 4) is 17.6 Å². The van der Waals surface area contributed by atoms with E-state index in [4.69, 9.17) is 0 Å². The van der Waals surface area contributed by atoms with Gasteiger partial charge in [0.05, 0.1) is 7.11 Å². The van der Waals surface area contributed by atoms with Crippen molar-refractivity contribution < 1.29 is 27.4 Å². The second kappa shape index (κ2) is 5.25. The maximum absolute atomic E-state index is 11.9. The van der Waals surface area contributed by atoms with Crippen LogP contribution < -0.4 is 4.74 Å². The van der Waals surface area contributed by atoms with Gasteiger partial charge in [-0.15, -0.1) is 13.2 Å². The van der Waals surface area contributed by atoms with E-state index in [-0.39, 0.29) is 5.56 Å². The van der Waals surface area contributed by atoms with Crippen molar-refractivity contribution in [3.05, 3.63) is 29.8 Å². The minimum atomic E-state index is -4.76. The lowest BCUT2D eigenvalue weighted by molar-refractivity contribution is -0.274. The third kappa shape index (κ3) is 4.93. The standard InChI is InChI=1S/C11H7F3O3/c1-16-10(15)6-5-8-3-2-4-9(7-8)17-11(12,13)14/h2-4,7H,1H3. The molecule has 0 bridgehead atoms. The highest BCUT2D eigenvalue weighted by atomic mass is 19.4. The van der Waals surface area contributed by atoms with E-state index < -0.39 is 18.1 Å². The molecule has 0 saturated carbocycles. The molecule has 90 valence electrons. The van der Waals surface area contributed by atoms with E-state index >= 15 is 0 Å². The Morgan fingerprint density at radius 2 is 2.06 bits per heavy atom. The summed E-state index contributed by atoms with van der Waals surface area (Å²) in [6, 6.07) is 4.99. The molecule has 17 heavy (non-hydrogen) atoms. The zero-order chi connectivity index (χ0) is 12.9. The molecule has 0 spiro atoms. The zero-order valence-electron chi connectivity index (χ0n) is 8.67. The van der Waals surface area contributed by atoms with Crippen LogP contribution in [-0.4, -0.2) is 19.4 Å². The molecule has 0 N–H and O–H groups in total. The molecular formula is C11H7F3O3. The number of hydrogen-bond donors (Lipinski definition) is 0. The first-order valence-electron chi connectivity index (χ1n) is 4.36.